The second-order valence-corrected chi connectivity index (χ2v) is 6.44. The Morgan fingerprint density at radius 3 is 2.45 bits per heavy atom. The average Bonchev–Trinajstić information content (AvgIpc) is 2.77. The number of hydrogen-bond acceptors (Lipinski definition) is 7. The lowest BCUT2D eigenvalue weighted by molar-refractivity contribution is -0.119. The van der Waals surface area contributed by atoms with Crippen LogP contribution < -0.4 is 10.7 Å². The van der Waals surface area contributed by atoms with E-state index < -0.39 is 35.6 Å². The van der Waals surface area contributed by atoms with Gasteiger partial charge >= 0.3 is 11.9 Å². The van der Waals surface area contributed by atoms with Crippen LogP contribution in [-0.2, 0) is 14.3 Å². The molecule has 0 atom stereocenters. The van der Waals surface area contributed by atoms with Crippen molar-refractivity contribution in [1.82, 2.24) is 9.78 Å². The van der Waals surface area contributed by atoms with Gasteiger partial charge in [-0.2, -0.15) is 5.10 Å². The zero-order chi connectivity index (χ0) is 22.4. The topological polar surface area (TPSA) is 117 Å². The number of nitrogens with one attached hydrogen (secondary N) is 1. The summed E-state index contributed by atoms with van der Waals surface area (Å²) in [6, 6.07) is 16.3. The number of hydrogen-bond donors (Lipinski definition) is 1. The van der Waals surface area contributed by atoms with Crippen LogP contribution in [0.15, 0.2) is 65.5 Å². The summed E-state index contributed by atoms with van der Waals surface area (Å²) in [6.45, 7) is 1.05. The van der Waals surface area contributed by atoms with Crippen molar-refractivity contribution in [2.45, 2.75) is 6.92 Å². The van der Waals surface area contributed by atoms with E-state index in [9.17, 15) is 19.2 Å². The minimum atomic E-state index is -1.02. The number of aromatic nitrogens is 2. The minimum absolute atomic E-state index is 0.252. The molecule has 0 bridgehead atoms. The van der Waals surface area contributed by atoms with Crippen LogP contribution >= 0.6 is 0 Å². The number of amides is 1. The maximum atomic E-state index is 12.4. The van der Waals surface area contributed by atoms with Gasteiger partial charge in [0.2, 0.25) is 11.1 Å². The number of rotatable bonds is 6. The van der Waals surface area contributed by atoms with E-state index in [-0.39, 0.29) is 5.56 Å². The van der Waals surface area contributed by atoms with Gasteiger partial charge in [0.1, 0.15) is 0 Å². The van der Waals surface area contributed by atoms with Crippen molar-refractivity contribution < 1.29 is 23.9 Å². The first kappa shape index (κ1) is 21.4. The Hall–Kier alpha value is -4.27. The van der Waals surface area contributed by atoms with Crippen LogP contribution in [0.3, 0.4) is 0 Å². The lowest BCUT2D eigenvalue weighted by Gasteiger charge is -2.11. The number of benzene rings is 2. The van der Waals surface area contributed by atoms with Gasteiger partial charge in [0.25, 0.3) is 5.91 Å². The molecule has 0 aliphatic heterocycles. The van der Waals surface area contributed by atoms with Gasteiger partial charge in [0.15, 0.2) is 6.61 Å². The summed E-state index contributed by atoms with van der Waals surface area (Å²) in [5.41, 5.74) is 0.732. The largest absolute Gasteiger partial charge is 0.465 e. The molecule has 0 fully saturated rings. The fraction of sp³-hybridized carbons (Fsp3) is 0.136. The molecule has 3 aromatic rings. The molecule has 0 saturated carbocycles. The Bertz CT molecular complexity index is 1190. The van der Waals surface area contributed by atoms with Gasteiger partial charge in [-0.1, -0.05) is 24.3 Å². The number of carbonyl (C=O) groups is 3. The third-order valence-corrected chi connectivity index (χ3v) is 4.20. The summed E-state index contributed by atoms with van der Waals surface area (Å²) in [5, 5.41) is 6.59. The number of ether oxygens (including phenoxy) is 2. The molecule has 1 heterocycles. The monoisotopic (exact) mass is 421 g/mol. The number of methoxy groups -OCH3 is 1. The third-order valence-electron chi connectivity index (χ3n) is 4.20. The van der Waals surface area contributed by atoms with E-state index in [1.807, 2.05) is 6.07 Å². The second kappa shape index (κ2) is 9.49. The normalized spacial score (nSPS) is 10.3. The van der Waals surface area contributed by atoms with Gasteiger partial charge in [0, 0.05) is 17.4 Å². The maximum absolute atomic E-state index is 12.4. The minimum Gasteiger partial charge on any atom is -0.465 e. The fourth-order valence-corrected chi connectivity index (χ4v) is 2.76. The molecule has 0 saturated heterocycles. The first-order chi connectivity index (χ1) is 14.9. The molecule has 0 aliphatic rings. The Balaban J connectivity index is 1.69. The molecule has 0 unspecified atom stereocenters. The van der Waals surface area contributed by atoms with Crippen molar-refractivity contribution in [2.75, 3.05) is 19.0 Å². The van der Waals surface area contributed by atoms with E-state index >= 15 is 0 Å². The molecule has 2 aromatic carbocycles. The summed E-state index contributed by atoms with van der Waals surface area (Å²) in [4.78, 5) is 48.3. The van der Waals surface area contributed by atoms with Gasteiger partial charge in [-0.3, -0.25) is 9.59 Å². The molecule has 9 nitrogen and oxygen atoms in total. The number of nitrogens with zero attached hydrogens (tertiary/aromatic N) is 2. The van der Waals surface area contributed by atoms with Crippen LogP contribution in [0.2, 0.25) is 0 Å². The number of anilines is 1. The Labute approximate surface area is 177 Å². The zero-order valence-electron chi connectivity index (χ0n) is 16.8. The first-order valence-electron chi connectivity index (χ1n) is 9.21. The maximum Gasteiger partial charge on any atom is 0.363 e. The van der Waals surface area contributed by atoms with E-state index in [0.717, 1.165) is 0 Å². The van der Waals surface area contributed by atoms with Crippen molar-refractivity contribution >= 4 is 23.5 Å². The molecular formula is C22H19N3O6. The molecule has 1 aromatic heterocycles. The standard InChI is InChI=1S/C22H19N3O6/c1-14-11-18(26)20(24-25(14)17-9-4-3-5-10-17)22(29)31-13-19(27)23-16-8-6-7-15(12-16)21(28)30-2/h3-12H,13H2,1-2H3,(H,23,27). The van der Waals surface area contributed by atoms with Crippen LogP contribution in [0, 0.1) is 6.92 Å². The first-order valence-corrected chi connectivity index (χ1v) is 9.21. The van der Waals surface area contributed by atoms with Gasteiger partial charge in [-0.05, 0) is 37.3 Å². The van der Waals surface area contributed by atoms with Crippen LogP contribution in [0.5, 0.6) is 0 Å². The highest BCUT2D eigenvalue weighted by Gasteiger charge is 2.18. The SMILES string of the molecule is COC(=O)c1cccc(NC(=O)COC(=O)c2nn(-c3ccccc3)c(C)cc2=O)c1. The summed E-state index contributed by atoms with van der Waals surface area (Å²) < 4.78 is 11.0. The van der Waals surface area contributed by atoms with Crippen LogP contribution in [-0.4, -0.2) is 41.3 Å². The lowest BCUT2D eigenvalue weighted by Crippen LogP contribution is -2.27. The van der Waals surface area contributed by atoms with Gasteiger partial charge < -0.3 is 14.8 Å². The van der Waals surface area contributed by atoms with E-state index in [1.54, 1.807) is 43.3 Å². The number of aryl methyl sites for hydroxylation is 1. The van der Waals surface area contributed by atoms with E-state index in [2.05, 4.69) is 15.2 Å². The number of carbonyl (C=O) groups excluding carboxylic acids is 3. The fourth-order valence-electron chi connectivity index (χ4n) is 2.76. The summed E-state index contributed by atoms with van der Waals surface area (Å²) in [6.07, 6.45) is 0. The van der Waals surface area contributed by atoms with E-state index in [0.29, 0.717) is 17.1 Å². The smallest absolute Gasteiger partial charge is 0.363 e. The van der Waals surface area contributed by atoms with Crippen LogP contribution in [0.25, 0.3) is 5.69 Å². The summed E-state index contributed by atoms with van der Waals surface area (Å²) in [7, 11) is 1.25. The summed E-state index contributed by atoms with van der Waals surface area (Å²) >= 11 is 0. The van der Waals surface area contributed by atoms with Crippen molar-refractivity contribution in [3.63, 3.8) is 0 Å². The average molecular weight is 421 g/mol. The van der Waals surface area contributed by atoms with Crippen LogP contribution in [0.4, 0.5) is 5.69 Å². The highest BCUT2D eigenvalue weighted by Crippen LogP contribution is 2.12. The zero-order valence-corrected chi connectivity index (χ0v) is 16.8. The Kier molecular flexibility index (Phi) is 6.56. The second-order valence-electron chi connectivity index (χ2n) is 6.44. The molecule has 1 amide bonds. The molecular weight excluding hydrogens is 402 g/mol. The van der Waals surface area contributed by atoms with Gasteiger partial charge in [-0.15, -0.1) is 0 Å². The molecule has 0 radical (unpaired) electrons. The van der Waals surface area contributed by atoms with Crippen molar-refractivity contribution in [3.05, 3.63) is 87.8 Å². The predicted molar refractivity (Wildman–Crippen MR) is 111 cm³/mol. The van der Waals surface area contributed by atoms with Crippen molar-refractivity contribution in [3.8, 4) is 5.69 Å². The third kappa shape index (κ3) is 5.21. The lowest BCUT2D eigenvalue weighted by atomic mass is 10.2. The molecule has 31 heavy (non-hydrogen) atoms. The molecule has 0 aliphatic carbocycles. The highest BCUT2D eigenvalue weighted by molar-refractivity contribution is 5.96. The number of para-hydroxylation sites is 1. The number of esters is 2. The molecule has 9 heteroatoms. The predicted octanol–water partition coefficient (Wildman–Crippen LogP) is 2.12. The van der Waals surface area contributed by atoms with E-state index in [1.165, 1.54) is 30.0 Å². The Morgan fingerprint density at radius 1 is 1.00 bits per heavy atom. The molecule has 158 valence electrons. The van der Waals surface area contributed by atoms with Crippen molar-refractivity contribution in [2.24, 2.45) is 0 Å². The highest BCUT2D eigenvalue weighted by atomic mass is 16.5. The quantitative estimate of drug-likeness (QED) is 0.606. The van der Waals surface area contributed by atoms with Crippen molar-refractivity contribution in [1.29, 1.82) is 0 Å². The van der Waals surface area contributed by atoms with Crippen LogP contribution in [0.1, 0.15) is 26.5 Å². The van der Waals surface area contributed by atoms with E-state index in [4.69, 9.17) is 4.74 Å². The van der Waals surface area contributed by atoms with Gasteiger partial charge in [0.05, 0.1) is 18.4 Å². The Morgan fingerprint density at radius 2 is 1.74 bits per heavy atom. The molecule has 1 N–H and O–H groups in total. The van der Waals surface area contributed by atoms with Gasteiger partial charge in [-0.25, -0.2) is 14.3 Å². The summed E-state index contributed by atoms with van der Waals surface area (Å²) in [5.74, 6) is -2.22. The molecule has 3 rings (SSSR count). The molecule has 0 spiro atoms.